The summed E-state index contributed by atoms with van der Waals surface area (Å²) in [6.45, 7) is 0. The van der Waals surface area contributed by atoms with Crippen LogP contribution in [0.4, 0.5) is 0 Å². The summed E-state index contributed by atoms with van der Waals surface area (Å²) in [7, 11) is 1.65. The smallest absolute Gasteiger partial charge is 0.346 e. The van der Waals surface area contributed by atoms with E-state index in [0.29, 0.717) is 5.69 Å². The number of aromatic nitrogens is 3. The average Bonchev–Trinajstić information content (AvgIpc) is 2.46. The van der Waals surface area contributed by atoms with Crippen molar-refractivity contribution < 1.29 is 9.90 Å². The van der Waals surface area contributed by atoms with Crippen LogP contribution >= 0.6 is 0 Å². The zero-order valence-electron chi connectivity index (χ0n) is 6.80. The summed E-state index contributed by atoms with van der Waals surface area (Å²) in [6, 6.07) is 1.54. The number of nitriles is 1. The monoisotopic (exact) mass is 178 g/mol. The van der Waals surface area contributed by atoms with Crippen LogP contribution in [0.15, 0.2) is 11.8 Å². The fraction of sp³-hybridized carbons (Fsp3) is 0.143. The minimum atomic E-state index is -1.27. The molecule has 0 atom stereocenters. The van der Waals surface area contributed by atoms with Crippen LogP contribution < -0.4 is 0 Å². The van der Waals surface area contributed by atoms with Gasteiger partial charge in [0.2, 0.25) is 0 Å². The van der Waals surface area contributed by atoms with Gasteiger partial charge in [0.1, 0.15) is 17.3 Å². The van der Waals surface area contributed by atoms with E-state index in [9.17, 15) is 4.79 Å². The van der Waals surface area contributed by atoms with Crippen LogP contribution in [0.1, 0.15) is 5.69 Å². The van der Waals surface area contributed by atoms with Crippen molar-refractivity contribution in [1.29, 1.82) is 5.26 Å². The molecule has 0 aliphatic rings. The Labute approximate surface area is 73.7 Å². The Morgan fingerprint density at radius 1 is 1.85 bits per heavy atom. The minimum Gasteiger partial charge on any atom is -0.477 e. The van der Waals surface area contributed by atoms with Crippen molar-refractivity contribution in [3.63, 3.8) is 0 Å². The lowest BCUT2D eigenvalue weighted by Crippen LogP contribution is -1.97. The number of aliphatic carboxylic acids is 1. The molecule has 66 valence electrons. The molecule has 1 heterocycles. The molecule has 0 aliphatic carbocycles. The molecule has 0 saturated heterocycles. The van der Waals surface area contributed by atoms with Gasteiger partial charge in [0, 0.05) is 7.05 Å². The predicted molar refractivity (Wildman–Crippen MR) is 42.2 cm³/mol. The maximum atomic E-state index is 10.4. The van der Waals surface area contributed by atoms with Gasteiger partial charge >= 0.3 is 5.97 Å². The maximum Gasteiger partial charge on any atom is 0.346 e. The first-order valence-corrected chi connectivity index (χ1v) is 3.35. The van der Waals surface area contributed by atoms with Gasteiger partial charge in [-0.15, -0.1) is 5.10 Å². The van der Waals surface area contributed by atoms with Crippen molar-refractivity contribution >= 4 is 12.0 Å². The van der Waals surface area contributed by atoms with E-state index in [4.69, 9.17) is 10.4 Å². The second-order valence-electron chi connectivity index (χ2n) is 2.29. The lowest BCUT2D eigenvalue weighted by Gasteiger charge is -1.85. The average molecular weight is 178 g/mol. The molecule has 0 aromatic carbocycles. The topological polar surface area (TPSA) is 91.8 Å². The van der Waals surface area contributed by atoms with Crippen molar-refractivity contribution in [3.8, 4) is 6.07 Å². The Hall–Kier alpha value is -2.16. The standard InChI is InChI=1S/C7H6N4O2/c1-11-4-6(9-10-11)2-5(3-8)7(12)13/h2,4H,1H3,(H,12,13)/b5-2+. The largest absolute Gasteiger partial charge is 0.477 e. The third-order valence-corrected chi connectivity index (χ3v) is 1.26. The summed E-state index contributed by atoms with van der Waals surface area (Å²) >= 11 is 0. The van der Waals surface area contributed by atoms with Crippen molar-refractivity contribution in [2.75, 3.05) is 0 Å². The number of rotatable bonds is 2. The Balaban J connectivity index is 3.00. The summed E-state index contributed by atoms with van der Waals surface area (Å²) in [4.78, 5) is 10.4. The summed E-state index contributed by atoms with van der Waals surface area (Å²) < 4.78 is 1.42. The van der Waals surface area contributed by atoms with E-state index in [1.165, 1.54) is 10.9 Å². The van der Waals surface area contributed by atoms with Crippen molar-refractivity contribution in [3.05, 3.63) is 17.5 Å². The second-order valence-corrected chi connectivity index (χ2v) is 2.29. The van der Waals surface area contributed by atoms with Crippen LogP contribution in [-0.2, 0) is 11.8 Å². The van der Waals surface area contributed by atoms with E-state index in [1.54, 1.807) is 13.1 Å². The van der Waals surface area contributed by atoms with Crippen molar-refractivity contribution in [1.82, 2.24) is 15.0 Å². The number of hydrogen-bond donors (Lipinski definition) is 1. The summed E-state index contributed by atoms with van der Waals surface area (Å²) in [5, 5.41) is 24.1. The fourth-order valence-electron chi connectivity index (χ4n) is 0.721. The molecule has 13 heavy (non-hydrogen) atoms. The van der Waals surface area contributed by atoms with Crippen molar-refractivity contribution in [2.24, 2.45) is 7.05 Å². The predicted octanol–water partition coefficient (Wildman–Crippen LogP) is -0.193. The summed E-state index contributed by atoms with van der Waals surface area (Å²) in [6.07, 6.45) is 2.68. The first kappa shape index (κ1) is 8.93. The number of carboxylic acid groups (broad SMARTS) is 1. The third kappa shape index (κ3) is 2.13. The van der Waals surface area contributed by atoms with Crippen LogP contribution in [-0.4, -0.2) is 26.1 Å². The number of nitrogens with zero attached hydrogens (tertiary/aromatic N) is 4. The molecule has 1 rings (SSSR count). The third-order valence-electron chi connectivity index (χ3n) is 1.26. The molecule has 1 aromatic heterocycles. The summed E-state index contributed by atoms with van der Waals surface area (Å²) in [5.41, 5.74) is -0.0121. The molecule has 6 nitrogen and oxygen atoms in total. The molecular weight excluding hydrogens is 172 g/mol. The SMILES string of the molecule is Cn1cc(/C=C(\C#N)C(=O)O)nn1. The minimum absolute atomic E-state index is 0.349. The van der Waals surface area contributed by atoms with Gasteiger partial charge in [-0.05, 0) is 6.08 Å². The van der Waals surface area contributed by atoms with Gasteiger partial charge in [-0.25, -0.2) is 4.79 Å². The summed E-state index contributed by atoms with van der Waals surface area (Å²) in [5.74, 6) is -1.27. The first-order valence-electron chi connectivity index (χ1n) is 3.35. The van der Waals surface area contributed by atoms with Crippen LogP contribution in [0.5, 0.6) is 0 Å². The maximum absolute atomic E-state index is 10.4. The molecule has 1 N–H and O–H groups in total. The van der Waals surface area contributed by atoms with Gasteiger partial charge < -0.3 is 5.11 Å². The van der Waals surface area contributed by atoms with Gasteiger partial charge in [-0.3, -0.25) is 4.68 Å². The highest BCUT2D eigenvalue weighted by Gasteiger charge is 2.06. The van der Waals surface area contributed by atoms with E-state index in [2.05, 4.69) is 10.3 Å². The molecule has 0 radical (unpaired) electrons. The molecule has 0 fully saturated rings. The molecule has 0 spiro atoms. The van der Waals surface area contributed by atoms with Gasteiger partial charge in [-0.2, -0.15) is 5.26 Å². The van der Waals surface area contributed by atoms with Gasteiger partial charge in [-0.1, -0.05) is 5.21 Å². The molecule has 0 bridgehead atoms. The zero-order valence-corrected chi connectivity index (χ0v) is 6.80. The lowest BCUT2D eigenvalue weighted by molar-refractivity contribution is -0.132. The molecule has 0 unspecified atom stereocenters. The van der Waals surface area contributed by atoms with Crippen molar-refractivity contribution in [2.45, 2.75) is 0 Å². The number of aryl methyl sites for hydroxylation is 1. The Morgan fingerprint density at radius 3 is 2.92 bits per heavy atom. The fourth-order valence-corrected chi connectivity index (χ4v) is 0.721. The molecule has 1 aromatic rings. The van der Waals surface area contributed by atoms with E-state index >= 15 is 0 Å². The normalized spacial score (nSPS) is 10.9. The highest BCUT2D eigenvalue weighted by Crippen LogP contribution is 2.01. The number of carboxylic acids is 1. The molecule has 0 aliphatic heterocycles. The molecule has 0 saturated carbocycles. The Morgan fingerprint density at radius 2 is 2.54 bits per heavy atom. The van der Waals surface area contributed by atoms with Gasteiger partial charge in [0.05, 0.1) is 6.20 Å². The van der Waals surface area contributed by atoms with Crippen LogP contribution in [0, 0.1) is 11.3 Å². The van der Waals surface area contributed by atoms with E-state index in [0.717, 1.165) is 6.08 Å². The molecule has 0 amide bonds. The van der Waals surface area contributed by atoms with Crippen LogP contribution in [0.3, 0.4) is 0 Å². The highest BCUT2D eigenvalue weighted by atomic mass is 16.4. The van der Waals surface area contributed by atoms with Gasteiger partial charge in [0.25, 0.3) is 0 Å². The first-order chi connectivity index (χ1) is 6.13. The Kier molecular flexibility index (Phi) is 2.40. The zero-order chi connectivity index (χ0) is 9.84. The van der Waals surface area contributed by atoms with Crippen LogP contribution in [0.2, 0.25) is 0 Å². The van der Waals surface area contributed by atoms with E-state index in [-0.39, 0.29) is 5.57 Å². The van der Waals surface area contributed by atoms with Crippen LogP contribution in [0.25, 0.3) is 6.08 Å². The number of hydrogen-bond acceptors (Lipinski definition) is 4. The van der Waals surface area contributed by atoms with Gasteiger partial charge in [0.15, 0.2) is 0 Å². The Bertz CT molecular complexity index is 399. The van der Waals surface area contributed by atoms with E-state index < -0.39 is 5.97 Å². The quantitative estimate of drug-likeness (QED) is 0.500. The molecule has 6 heteroatoms. The second kappa shape index (κ2) is 3.49. The highest BCUT2D eigenvalue weighted by molar-refractivity contribution is 5.96. The molecular formula is C7H6N4O2. The number of carbonyl (C=O) groups is 1. The lowest BCUT2D eigenvalue weighted by atomic mass is 10.2. The van der Waals surface area contributed by atoms with E-state index in [1.807, 2.05) is 0 Å².